The molecule has 0 saturated carbocycles. The number of hydrogen-bond acceptors (Lipinski definition) is 3. The zero-order valence-corrected chi connectivity index (χ0v) is 11.2. The first-order chi connectivity index (χ1) is 8.66. The van der Waals surface area contributed by atoms with Crippen LogP contribution in [0.4, 0.5) is 0 Å². The summed E-state index contributed by atoms with van der Waals surface area (Å²) in [6, 6.07) is 6.84. The predicted octanol–water partition coefficient (Wildman–Crippen LogP) is 2.71. The SMILES string of the molecule is CC(C)n1ccc(CN[C@@H](C)c2ccncc2)n1. The maximum atomic E-state index is 4.52. The molecule has 2 aromatic rings. The highest BCUT2D eigenvalue weighted by Crippen LogP contribution is 2.11. The Hall–Kier alpha value is -1.68. The smallest absolute Gasteiger partial charge is 0.0762 e. The highest BCUT2D eigenvalue weighted by molar-refractivity contribution is 5.14. The molecule has 1 N–H and O–H groups in total. The second-order valence-corrected chi connectivity index (χ2v) is 4.76. The number of rotatable bonds is 5. The highest BCUT2D eigenvalue weighted by Gasteiger charge is 2.06. The molecular formula is C14H20N4. The number of hydrogen-bond donors (Lipinski definition) is 1. The Morgan fingerprint density at radius 1 is 1.17 bits per heavy atom. The van der Waals surface area contributed by atoms with Crippen LogP contribution in [0.1, 0.15) is 44.1 Å². The van der Waals surface area contributed by atoms with Gasteiger partial charge in [-0.15, -0.1) is 0 Å². The van der Waals surface area contributed by atoms with Crippen LogP contribution in [0, 0.1) is 0 Å². The Balaban J connectivity index is 1.91. The Kier molecular flexibility index (Phi) is 4.10. The molecule has 4 heteroatoms. The van der Waals surface area contributed by atoms with Crippen LogP contribution >= 0.6 is 0 Å². The number of pyridine rings is 1. The molecule has 2 aromatic heterocycles. The molecule has 18 heavy (non-hydrogen) atoms. The van der Waals surface area contributed by atoms with E-state index in [0.717, 1.165) is 12.2 Å². The monoisotopic (exact) mass is 244 g/mol. The summed E-state index contributed by atoms with van der Waals surface area (Å²) in [5.41, 5.74) is 2.32. The second-order valence-electron chi connectivity index (χ2n) is 4.76. The van der Waals surface area contributed by atoms with Gasteiger partial charge in [0.05, 0.1) is 5.69 Å². The molecule has 0 fully saturated rings. The lowest BCUT2D eigenvalue weighted by atomic mass is 10.1. The lowest BCUT2D eigenvalue weighted by molar-refractivity contribution is 0.512. The van der Waals surface area contributed by atoms with Gasteiger partial charge in [0.2, 0.25) is 0 Å². The van der Waals surface area contributed by atoms with Crippen molar-refractivity contribution in [1.29, 1.82) is 0 Å². The van der Waals surface area contributed by atoms with Crippen molar-refractivity contribution in [2.75, 3.05) is 0 Å². The molecule has 0 aliphatic carbocycles. The van der Waals surface area contributed by atoms with Crippen LogP contribution in [-0.4, -0.2) is 14.8 Å². The van der Waals surface area contributed by atoms with Gasteiger partial charge in [-0.2, -0.15) is 5.10 Å². The van der Waals surface area contributed by atoms with E-state index >= 15 is 0 Å². The van der Waals surface area contributed by atoms with E-state index in [9.17, 15) is 0 Å². The van der Waals surface area contributed by atoms with Crippen LogP contribution in [0.5, 0.6) is 0 Å². The fourth-order valence-corrected chi connectivity index (χ4v) is 1.79. The molecule has 2 rings (SSSR count). The van der Waals surface area contributed by atoms with Gasteiger partial charge in [-0.25, -0.2) is 0 Å². The van der Waals surface area contributed by atoms with Crippen LogP contribution in [0.2, 0.25) is 0 Å². The summed E-state index contributed by atoms with van der Waals surface area (Å²) in [4.78, 5) is 4.03. The molecule has 1 atom stereocenters. The molecule has 0 spiro atoms. The van der Waals surface area contributed by atoms with E-state index in [1.54, 1.807) is 0 Å². The van der Waals surface area contributed by atoms with Gasteiger partial charge in [-0.1, -0.05) is 0 Å². The molecule has 4 nitrogen and oxygen atoms in total. The summed E-state index contributed by atoms with van der Waals surface area (Å²) >= 11 is 0. The zero-order valence-electron chi connectivity index (χ0n) is 11.2. The van der Waals surface area contributed by atoms with Crippen LogP contribution in [0.15, 0.2) is 36.8 Å². The van der Waals surface area contributed by atoms with Gasteiger partial charge < -0.3 is 5.32 Å². The van der Waals surface area contributed by atoms with Crippen molar-refractivity contribution in [3.8, 4) is 0 Å². The van der Waals surface area contributed by atoms with Crippen LogP contribution in [0.3, 0.4) is 0 Å². The molecule has 0 aliphatic rings. The fourth-order valence-electron chi connectivity index (χ4n) is 1.79. The van der Waals surface area contributed by atoms with Gasteiger partial charge in [0.1, 0.15) is 0 Å². The Morgan fingerprint density at radius 2 is 1.89 bits per heavy atom. The van der Waals surface area contributed by atoms with Crippen molar-refractivity contribution < 1.29 is 0 Å². The quantitative estimate of drug-likeness (QED) is 0.879. The van der Waals surface area contributed by atoms with Crippen molar-refractivity contribution in [2.24, 2.45) is 0 Å². The lowest BCUT2D eigenvalue weighted by Gasteiger charge is -2.12. The minimum atomic E-state index is 0.303. The molecule has 2 heterocycles. The number of nitrogens with zero attached hydrogens (tertiary/aromatic N) is 3. The third kappa shape index (κ3) is 3.17. The normalized spacial score (nSPS) is 12.9. The van der Waals surface area contributed by atoms with Gasteiger partial charge >= 0.3 is 0 Å². The number of nitrogens with one attached hydrogen (secondary N) is 1. The summed E-state index contributed by atoms with van der Waals surface area (Å²) < 4.78 is 1.98. The van der Waals surface area contributed by atoms with Crippen molar-refractivity contribution in [2.45, 2.75) is 39.4 Å². The summed E-state index contributed by atoms with van der Waals surface area (Å²) in [6.45, 7) is 7.19. The summed E-state index contributed by atoms with van der Waals surface area (Å²) in [6.07, 6.45) is 5.67. The molecule has 0 saturated heterocycles. The first-order valence-electron chi connectivity index (χ1n) is 6.34. The summed E-state index contributed by atoms with van der Waals surface area (Å²) in [5, 5.41) is 7.98. The summed E-state index contributed by atoms with van der Waals surface area (Å²) in [7, 11) is 0. The molecule has 0 radical (unpaired) electrons. The first-order valence-corrected chi connectivity index (χ1v) is 6.34. The van der Waals surface area contributed by atoms with Crippen molar-refractivity contribution >= 4 is 0 Å². The summed E-state index contributed by atoms with van der Waals surface area (Å²) in [5.74, 6) is 0. The molecule has 0 unspecified atom stereocenters. The molecule has 96 valence electrons. The van der Waals surface area contributed by atoms with Crippen LogP contribution < -0.4 is 5.32 Å². The first kappa shape index (κ1) is 12.8. The van der Waals surface area contributed by atoms with Crippen LogP contribution in [-0.2, 0) is 6.54 Å². The van der Waals surface area contributed by atoms with E-state index in [2.05, 4.69) is 42.2 Å². The van der Waals surface area contributed by atoms with Crippen molar-refractivity contribution in [3.05, 3.63) is 48.0 Å². The molecule has 0 amide bonds. The van der Waals surface area contributed by atoms with E-state index in [-0.39, 0.29) is 0 Å². The Bertz CT molecular complexity index is 476. The Morgan fingerprint density at radius 3 is 2.50 bits per heavy atom. The van der Waals surface area contributed by atoms with E-state index in [1.165, 1.54) is 5.56 Å². The Labute approximate surface area is 108 Å². The van der Waals surface area contributed by atoms with Crippen LogP contribution in [0.25, 0.3) is 0 Å². The average Bonchev–Trinajstić information content (AvgIpc) is 2.86. The average molecular weight is 244 g/mol. The lowest BCUT2D eigenvalue weighted by Crippen LogP contribution is -2.18. The molecular weight excluding hydrogens is 224 g/mol. The third-order valence-electron chi connectivity index (χ3n) is 2.99. The van der Waals surface area contributed by atoms with Crippen molar-refractivity contribution in [1.82, 2.24) is 20.1 Å². The maximum absolute atomic E-state index is 4.52. The minimum absolute atomic E-state index is 0.303. The van der Waals surface area contributed by atoms with Crippen molar-refractivity contribution in [3.63, 3.8) is 0 Å². The van der Waals surface area contributed by atoms with E-state index in [0.29, 0.717) is 12.1 Å². The third-order valence-corrected chi connectivity index (χ3v) is 2.99. The predicted molar refractivity (Wildman–Crippen MR) is 72.1 cm³/mol. The van der Waals surface area contributed by atoms with Gasteiger partial charge in [-0.05, 0) is 44.5 Å². The van der Waals surface area contributed by atoms with E-state index < -0.39 is 0 Å². The van der Waals surface area contributed by atoms with Gasteiger partial charge in [0.15, 0.2) is 0 Å². The maximum Gasteiger partial charge on any atom is 0.0762 e. The number of aromatic nitrogens is 3. The highest BCUT2D eigenvalue weighted by atomic mass is 15.3. The molecule has 0 bridgehead atoms. The second kappa shape index (κ2) is 5.78. The zero-order chi connectivity index (χ0) is 13.0. The fraction of sp³-hybridized carbons (Fsp3) is 0.429. The van der Waals surface area contributed by atoms with Gasteiger partial charge in [0, 0.05) is 37.2 Å². The van der Waals surface area contributed by atoms with E-state index in [4.69, 9.17) is 0 Å². The minimum Gasteiger partial charge on any atom is -0.304 e. The molecule has 0 aliphatic heterocycles. The largest absolute Gasteiger partial charge is 0.304 e. The standard InChI is InChI=1S/C14H20N4/c1-11(2)18-9-6-14(17-18)10-16-12(3)13-4-7-15-8-5-13/h4-9,11-12,16H,10H2,1-3H3/t12-/m0/s1. The molecule has 0 aromatic carbocycles. The van der Waals surface area contributed by atoms with Gasteiger partial charge in [0.25, 0.3) is 0 Å². The topological polar surface area (TPSA) is 42.7 Å². The van der Waals surface area contributed by atoms with Gasteiger partial charge in [-0.3, -0.25) is 9.67 Å². The van der Waals surface area contributed by atoms with E-state index in [1.807, 2.05) is 35.4 Å².